The van der Waals surface area contributed by atoms with E-state index in [4.69, 9.17) is 8.94 Å². The Hall–Kier alpha value is -3.81. The van der Waals surface area contributed by atoms with Crippen LogP contribution in [-0.4, -0.2) is 26.2 Å². The quantitative estimate of drug-likeness (QED) is 0.531. The maximum Gasteiger partial charge on any atom is 0.247 e. The van der Waals surface area contributed by atoms with E-state index < -0.39 is 0 Å². The molecule has 0 unspecified atom stereocenters. The Morgan fingerprint density at radius 1 is 1.03 bits per heavy atom. The molecule has 0 saturated heterocycles. The molecule has 1 amide bonds. The van der Waals surface area contributed by atoms with E-state index >= 15 is 0 Å². The predicted molar refractivity (Wildman–Crippen MR) is 106 cm³/mol. The number of carbonyl (C=O) groups excluding carboxylic acids is 1. The molecule has 29 heavy (non-hydrogen) atoms. The van der Waals surface area contributed by atoms with Crippen LogP contribution in [0.3, 0.4) is 0 Å². The van der Waals surface area contributed by atoms with Gasteiger partial charge in [0.25, 0.3) is 0 Å². The summed E-state index contributed by atoms with van der Waals surface area (Å²) < 4.78 is 10.7. The number of rotatable bonds is 6. The third kappa shape index (κ3) is 4.37. The van der Waals surface area contributed by atoms with Crippen LogP contribution in [0.2, 0.25) is 0 Å². The van der Waals surface area contributed by atoms with Crippen molar-refractivity contribution >= 4 is 11.6 Å². The number of hydrogen-bond acceptors (Lipinski definition) is 7. The highest BCUT2D eigenvalue weighted by atomic mass is 16.5. The first-order valence-electron chi connectivity index (χ1n) is 9.17. The summed E-state index contributed by atoms with van der Waals surface area (Å²) in [5.74, 6) is 1.57. The molecule has 0 aliphatic rings. The number of amides is 1. The Balaban J connectivity index is 1.40. The summed E-state index contributed by atoms with van der Waals surface area (Å²) in [5, 5.41) is 14.9. The highest BCUT2D eigenvalue weighted by molar-refractivity contribution is 5.94. The second-order valence-corrected chi connectivity index (χ2v) is 6.60. The SMILES string of the molecule is Cc1ccc(-c2nnc(CCC(=O)Nc3ccccc3-c3noc(C)n3)o2)cc1. The van der Waals surface area contributed by atoms with E-state index in [9.17, 15) is 4.79 Å². The van der Waals surface area contributed by atoms with Crippen LogP contribution in [0.25, 0.3) is 22.8 Å². The first-order chi connectivity index (χ1) is 14.1. The second kappa shape index (κ2) is 8.05. The minimum atomic E-state index is -0.173. The molecule has 2 aromatic carbocycles. The fraction of sp³-hybridized carbons (Fsp3) is 0.190. The number of aromatic nitrogens is 4. The summed E-state index contributed by atoms with van der Waals surface area (Å²) in [7, 11) is 0. The van der Waals surface area contributed by atoms with E-state index in [-0.39, 0.29) is 12.3 Å². The summed E-state index contributed by atoms with van der Waals surface area (Å²) >= 11 is 0. The first kappa shape index (κ1) is 18.5. The fourth-order valence-electron chi connectivity index (χ4n) is 2.80. The highest BCUT2D eigenvalue weighted by Gasteiger charge is 2.14. The molecule has 2 aromatic heterocycles. The normalized spacial score (nSPS) is 10.8. The number of para-hydroxylation sites is 1. The smallest absolute Gasteiger partial charge is 0.247 e. The molecule has 0 saturated carbocycles. The zero-order valence-corrected chi connectivity index (χ0v) is 16.0. The molecule has 0 spiro atoms. The van der Waals surface area contributed by atoms with E-state index in [0.717, 1.165) is 11.1 Å². The number of hydrogen-bond donors (Lipinski definition) is 1. The molecule has 0 radical (unpaired) electrons. The molecule has 8 nitrogen and oxygen atoms in total. The van der Waals surface area contributed by atoms with Gasteiger partial charge in [-0.05, 0) is 31.2 Å². The van der Waals surface area contributed by atoms with E-state index in [2.05, 4.69) is 25.7 Å². The highest BCUT2D eigenvalue weighted by Crippen LogP contribution is 2.25. The molecule has 0 aliphatic heterocycles. The van der Waals surface area contributed by atoms with Crippen molar-refractivity contribution in [2.75, 3.05) is 5.32 Å². The molecule has 0 aliphatic carbocycles. The van der Waals surface area contributed by atoms with E-state index in [1.54, 1.807) is 13.0 Å². The van der Waals surface area contributed by atoms with Gasteiger partial charge < -0.3 is 14.3 Å². The topological polar surface area (TPSA) is 107 Å². The molecule has 1 N–H and O–H groups in total. The van der Waals surface area contributed by atoms with Gasteiger partial charge in [0.2, 0.25) is 29.4 Å². The van der Waals surface area contributed by atoms with Crippen LogP contribution in [0, 0.1) is 13.8 Å². The molecule has 4 rings (SSSR count). The Morgan fingerprint density at radius 3 is 2.59 bits per heavy atom. The van der Waals surface area contributed by atoms with Crippen LogP contribution >= 0.6 is 0 Å². The zero-order chi connectivity index (χ0) is 20.2. The van der Waals surface area contributed by atoms with Crippen molar-refractivity contribution in [1.82, 2.24) is 20.3 Å². The van der Waals surface area contributed by atoms with Crippen molar-refractivity contribution in [2.45, 2.75) is 26.7 Å². The Bertz CT molecular complexity index is 1130. The van der Waals surface area contributed by atoms with Gasteiger partial charge in [-0.1, -0.05) is 35.0 Å². The van der Waals surface area contributed by atoms with Crippen molar-refractivity contribution < 1.29 is 13.7 Å². The Morgan fingerprint density at radius 2 is 1.83 bits per heavy atom. The lowest BCUT2D eigenvalue weighted by atomic mass is 10.1. The molecule has 146 valence electrons. The molecule has 0 fully saturated rings. The van der Waals surface area contributed by atoms with Crippen LogP contribution in [0.4, 0.5) is 5.69 Å². The molecular formula is C21H19N5O3. The third-order valence-corrected chi connectivity index (χ3v) is 4.30. The predicted octanol–water partition coefficient (Wildman–Crippen LogP) is 3.97. The summed E-state index contributed by atoms with van der Waals surface area (Å²) in [6, 6.07) is 15.1. The van der Waals surface area contributed by atoms with Crippen molar-refractivity contribution in [3.05, 3.63) is 65.9 Å². The average Bonchev–Trinajstić information content (AvgIpc) is 3.37. The monoisotopic (exact) mass is 389 g/mol. The summed E-state index contributed by atoms with van der Waals surface area (Å²) in [4.78, 5) is 16.6. The number of nitrogens with zero attached hydrogens (tertiary/aromatic N) is 4. The van der Waals surface area contributed by atoms with Crippen LogP contribution in [-0.2, 0) is 11.2 Å². The van der Waals surface area contributed by atoms with E-state index in [1.807, 2.05) is 49.4 Å². The standard InChI is InChI=1S/C21H19N5O3/c1-13-7-9-15(10-8-13)21-25-24-19(28-21)12-11-18(27)23-17-6-4-3-5-16(17)20-22-14(2)29-26-20/h3-10H,11-12H2,1-2H3,(H,23,27). The minimum absolute atomic E-state index is 0.173. The first-order valence-corrected chi connectivity index (χ1v) is 9.17. The molecule has 0 atom stereocenters. The van der Waals surface area contributed by atoms with Crippen molar-refractivity contribution in [1.29, 1.82) is 0 Å². The molecule has 4 aromatic rings. The summed E-state index contributed by atoms with van der Waals surface area (Å²) in [5.41, 5.74) is 3.31. The molecule has 2 heterocycles. The zero-order valence-electron chi connectivity index (χ0n) is 16.0. The number of benzene rings is 2. The van der Waals surface area contributed by atoms with E-state index in [0.29, 0.717) is 41.2 Å². The summed E-state index contributed by atoms with van der Waals surface area (Å²) in [6.07, 6.45) is 0.545. The summed E-state index contributed by atoms with van der Waals surface area (Å²) in [6.45, 7) is 3.73. The number of carbonyl (C=O) groups is 1. The van der Waals surface area contributed by atoms with Crippen molar-refractivity contribution in [3.63, 3.8) is 0 Å². The number of nitrogens with one attached hydrogen (secondary N) is 1. The minimum Gasteiger partial charge on any atom is -0.421 e. The van der Waals surface area contributed by atoms with Gasteiger partial charge in [0.1, 0.15) is 0 Å². The van der Waals surface area contributed by atoms with Crippen LogP contribution in [0.1, 0.15) is 23.8 Å². The van der Waals surface area contributed by atoms with Gasteiger partial charge in [-0.2, -0.15) is 4.98 Å². The van der Waals surface area contributed by atoms with Crippen LogP contribution in [0.15, 0.2) is 57.5 Å². The molecule has 0 bridgehead atoms. The molecular weight excluding hydrogens is 370 g/mol. The lowest BCUT2D eigenvalue weighted by Crippen LogP contribution is -2.13. The number of aryl methyl sites for hydroxylation is 3. The van der Waals surface area contributed by atoms with Gasteiger partial charge in [0.05, 0.1) is 5.69 Å². The lowest BCUT2D eigenvalue weighted by Gasteiger charge is -2.08. The van der Waals surface area contributed by atoms with Gasteiger partial charge in [0.15, 0.2) is 0 Å². The maximum atomic E-state index is 12.4. The van der Waals surface area contributed by atoms with E-state index in [1.165, 1.54) is 0 Å². The van der Waals surface area contributed by atoms with Gasteiger partial charge in [0, 0.05) is 30.9 Å². The Labute approximate surface area is 167 Å². The van der Waals surface area contributed by atoms with Crippen LogP contribution in [0.5, 0.6) is 0 Å². The maximum absolute atomic E-state index is 12.4. The van der Waals surface area contributed by atoms with Crippen LogP contribution < -0.4 is 5.32 Å². The number of anilines is 1. The molecule has 8 heteroatoms. The van der Waals surface area contributed by atoms with Gasteiger partial charge in [-0.15, -0.1) is 10.2 Å². The largest absolute Gasteiger partial charge is 0.421 e. The Kier molecular flexibility index (Phi) is 5.15. The van der Waals surface area contributed by atoms with Gasteiger partial charge in [-0.25, -0.2) is 0 Å². The van der Waals surface area contributed by atoms with Gasteiger partial charge in [-0.3, -0.25) is 4.79 Å². The lowest BCUT2D eigenvalue weighted by molar-refractivity contribution is -0.116. The van der Waals surface area contributed by atoms with Crippen molar-refractivity contribution in [2.24, 2.45) is 0 Å². The average molecular weight is 389 g/mol. The van der Waals surface area contributed by atoms with Gasteiger partial charge >= 0.3 is 0 Å². The third-order valence-electron chi connectivity index (χ3n) is 4.30. The fourth-order valence-corrected chi connectivity index (χ4v) is 2.80. The van der Waals surface area contributed by atoms with Crippen molar-refractivity contribution in [3.8, 4) is 22.8 Å². The second-order valence-electron chi connectivity index (χ2n) is 6.60.